The fourth-order valence-electron chi connectivity index (χ4n) is 3.90. The summed E-state index contributed by atoms with van der Waals surface area (Å²) in [7, 11) is 5.39. The molecule has 2 atom stereocenters. The van der Waals surface area contributed by atoms with Gasteiger partial charge in [-0.1, -0.05) is 12.8 Å². The van der Waals surface area contributed by atoms with Crippen LogP contribution in [0.2, 0.25) is 0 Å². The van der Waals surface area contributed by atoms with E-state index >= 15 is 0 Å². The number of aliphatic imine (C=N–C) groups is 1. The fraction of sp³-hybridized carbons (Fsp3) is 0.824. The van der Waals surface area contributed by atoms with E-state index in [1.165, 1.54) is 0 Å². The number of amides is 1. The summed E-state index contributed by atoms with van der Waals surface area (Å²) < 4.78 is 0. The molecule has 2 aliphatic carbocycles. The molecule has 0 radical (unpaired) electrons. The van der Waals surface area contributed by atoms with Gasteiger partial charge in [0.2, 0.25) is 5.91 Å². The summed E-state index contributed by atoms with van der Waals surface area (Å²) in [6, 6.07) is 2.54. The van der Waals surface area contributed by atoms with E-state index in [0.29, 0.717) is 12.5 Å². The Bertz CT molecular complexity index is 488. The lowest BCUT2D eigenvalue weighted by atomic mass is 9.84. The van der Waals surface area contributed by atoms with Gasteiger partial charge in [-0.3, -0.25) is 9.79 Å². The molecule has 6 nitrogen and oxygen atoms in total. The van der Waals surface area contributed by atoms with E-state index in [2.05, 4.69) is 21.7 Å². The normalized spacial score (nSPS) is 26.6. The number of carbonyl (C=O) groups is 1. The topological polar surface area (TPSA) is 80.5 Å². The number of nitrogens with zero attached hydrogens (tertiary/aromatic N) is 3. The van der Waals surface area contributed by atoms with Crippen molar-refractivity contribution in [3.8, 4) is 6.07 Å². The van der Waals surface area contributed by atoms with Crippen molar-refractivity contribution in [2.24, 2.45) is 16.3 Å². The first-order valence-corrected chi connectivity index (χ1v) is 8.61. The Morgan fingerprint density at radius 3 is 2.57 bits per heavy atom. The molecule has 0 spiro atoms. The van der Waals surface area contributed by atoms with Crippen molar-refractivity contribution in [1.82, 2.24) is 15.5 Å². The lowest BCUT2D eigenvalue weighted by Gasteiger charge is -2.32. The van der Waals surface area contributed by atoms with Gasteiger partial charge in [0.1, 0.15) is 0 Å². The van der Waals surface area contributed by atoms with Crippen LogP contribution < -0.4 is 10.6 Å². The van der Waals surface area contributed by atoms with Crippen molar-refractivity contribution in [1.29, 1.82) is 5.26 Å². The Kier molecular flexibility index (Phi) is 5.86. The van der Waals surface area contributed by atoms with Gasteiger partial charge >= 0.3 is 0 Å². The maximum Gasteiger partial charge on any atom is 0.230 e. The minimum absolute atomic E-state index is 0.0531. The van der Waals surface area contributed by atoms with E-state index < -0.39 is 0 Å². The number of hydrogen-bond donors (Lipinski definition) is 2. The van der Waals surface area contributed by atoms with Gasteiger partial charge in [0.15, 0.2) is 5.96 Å². The quantitative estimate of drug-likeness (QED) is 0.608. The Labute approximate surface area is 139 Å². The molecule has 0 heterocycles. The van der Waals surface area contributed by atoms with E-state index in [-0.39, 0.29) is 23.3 Å². The lowest BCUT2D eigenvalue weighted by molar-refractivity contribution is -0.138. The summed E-state index contributed by atoms with van der Waals surface area (Å²) in [5.41, 5.74) is -0.314. The maximum atomic E-state index is 12.6. The zero-order chi connectivity index (χ0) is 16.9. The zero-order valence-corrected chi connectivity index (χ0v) is 14.6. The predicted octanol–water partition coefficient (Wildman–Crippen LogP) is 1.49. The zero-order valence-electron chi connectivity index (χ0n) is 14.6. The third-order valence-corrected chi connectivity index (χ3v) is 5.24. The van der Waals surface area contributed by atoms with Crippen molar-refractivity contribution >= 4 is 11.9 Å². The second-order valence-electron chi connectivity index (χ2n) is 7.03. The molecule has 2 unspecified atom stereocenters. The van der Waals surface area contributed by atoms with Crippen LogP contribution in [-0.4, -0.2) is 50.5 Å². The highest BCUT2D eigenvalue weighted by molar-refractivity contribution is 5.85. The molecule has 2 fully saturated rings. The highest BCUT2D eigenvalue weighted by Gasteiger charge is 2.42. The van der Waals surface area contributed by atoms with Crippen molar-refractivity contribution in [2.45, 2.75) is 51.0 Å². The van der Waals surface area contributed by atoms with Gasteiger partial charge in [0, 0.05) is 33.7 Å². The van der Waals surface area contributed by atoms with Gasteiger partial charge in [-0.15, -0.1) is 0 Å². The van der Waals surface area contributed by atoms with Crippen molar-refractivity contribution in [3.63, 3.8) is 0 Å². The van der Waals surface area contributed by atoms with Crippen LogP contribution in [0.4, 0.5) is 0 Å². The largest absolute Gasteiger partial charge is 0.355 e. The molecule has 2 aliphatic rings. The average Bonchev–Trinajstić information content (AvgIpc) is 3.20. The highest BCUT2D eigenvalue weighted by atomic mass is 16.2. The third kappa shape index (κ3) is 3.95. The summed E-state index contributed by atoms with van der Waals surface area (Å²) in [4.78, 5) is 18.6. The monoisotopic (exact) mass is 319 g/mol. The summed E-state index contributed by atoms with van der Waals surface area (Å²) in [6.45, 7) is 0.605. The molecule has 2 rings (SSSR count). The van der Waals surface area contributed by atoms with Crippen LogP contribution in [0.1, 0.15) is 44.9 Å². The molecule has 0 bridgehead atoms. The molecule has 23 heavy (non-hydrogen) atoms. The number of hydrogen-bond acceptors (Lipinski definition) is 3. The van der Waals surface area contributed by atoms with Gasteiger partial charge in [-0.2, -0.15) is 5.26 Å². The molecule has 1 amide bonds. The lowest BCUT2D eigenvalue weighted by Crippen LogP contribution is -2.51. The molecule has 2 saturated carbocycles. The smallest absolute Gasteiger partial charge is 0.230 e. The van der Waals surface area contributed by atoms with Crippen molar-refractivity contribution in [3.05, 3.63) is 0 Å². The number of nitrogens with one attached hydrogen (secondary N) is 2. The maximum absolute atomic E-state index is 12.6. The van der Waals surface area contributed by atoms with Gasteiger partial charge in [-0.05, 0) is 32.1 Å². The van der Waals surface area contributed by atoms with Crippen LogP contribution >= 0.6 is 0 Å². The Morgan fingerprint density at radius 2 is 2.00 bits per heavy atom. The summed E-state index contributed by atoms with van der Waals surface area (Å²) >= 11 is 0. The minimum atomic E-state index is -0.314. The summed E-state index contributed by atoms with van der Waals surface area (Å²) in [6.07, 6.45) is 7.10. The molecule has 0 saturated heterocycles. The van der Waals surface area contributed by atoms with Crippen LogP contribution in [0.25, 0.3) is 0 Å². The first-order chi connectivity index (χ1) is 11.0. The molecule has 0 aliphatic heterocycles. The SMILES string of the molecule is CN=C(NCC1(C(=O)N(C)C)CCCC1)NC1CCCC1C#N. The third-order valence-electron chi connectivity index (χ3n) is 5.24. The van der Waals surface area contributed by atoms with Crippen molar-refractivity contribution in [2.75, 3.05) is 27.7 Å². The van der Waals surface area contributed by atoms with E-state index in [0.717, 1.165) is 44.9 Å². The van der Waals surface area contributed by atoms with Gasteiger partial charge in [-0.25, -0.2) is 0 Å². The highest BCUT2D eigenvalue weighted by Crippen LogP contribution is 2.38. The summed E-state index contributed by atoms with van der Waals surface area (Å²) in [5, 5.41) is 15.9. The Hall–Kier alpha value is -1.77. The Morgan fingerprint density at radius 1 is 1.30 bits per heavy atom. The number of guanidine groups is 1. The number of nitriles is 1. The van der Waals surface area contributed by atoms with E-state index in [9.17, 15) is 10.1 Å². The first kappa shape index (κ1) is 17.6. The molecular formula is C17H29N5O. The number of rotatable bonds is 4. The van der Waals surface area contributed by atoms with Crippen LogP contribution in [0, 0.1) is 22.7 Å². The molecular weight excluding hydrogens is 290 g/mol. The molecule has 0 aromatic rings. The Balaban J connectivity index is 1.96. The minimum Gasteiger partial charge on any atom is -0.355 e. The van der Waals surface area contributed by atoms with Crippen LogP contribution in [0.5, 0.6) is 0 Å². The predicted molar refractivity (Wildman–Crippen MR) is 90.8 cm³/mol. The van der Waals surface area contributed by atoms with Crippen molar-refractivity contribution < 1.29 is 4.79 Å². The van der Waals surface area contributed by atoms with Gasteiger partial charge in [0.05, 0.1) is 17.4 Å². The van der Waals surface area contributed by atoms with Crippen LogP contribution in [0.15, 0.2) is 4.99 Å². The van der Waals surface area contributed by atoms with E-state index in [4.69, 9.17) is 0 Å². The van der Waals surface area contributed by atoms with Gasteiger partial charge < -0.3 is 15.5 Å². The first-order valence-electron chi connectivity index (χ1n) is 8.61. The van der Waals surface area contributed by atoms with Crippen LogP contribution in [-0.2, 0) is 4.79 Å². The standard InChI is InChI=1S/C17H29N5O/c1-19-16(21-14-8-6-7-13(14)11-18)20-12-17(9-4-5-10-17)15(23)22(2)3/h13-14H,4-10,12H2,1-3H3,(H2,19,20,21). The molecule has 0 aromatic carbocycles. The second-order valence-corrected chi connectivity index (χ2v) is 7.03. The second kappa shape index (κ2) is 7.67. The van der Waals surface area contributed by atoms with Gasteiger partial charge in [0.25, 0.3) is 0 Å². The van der Waals surface area contributed by atoms with Crippen LogP contribution in [0.3, 0.4) is 0 Å². The summed E-state index contributed by atoms with van der Waals surface area (Å²) in [5.74, 6) is 0.959. The fourth-order valence-corrected chi connectivity index (χ4v) is 3.90. The van der Waals surface area contributed by atoms with E-state index in [1.54, 1.807) is 11.9 Å². The molecule has 6 heteroatoms. The molecule has 2 N–H and O–H groups in total. The van der Waals surface area contributed by atoms with E-state index in [1.807, 2.05) is 14.1 Å². The molecule has 0 aromatic heterocycles. The number of carbonyl (C=O) groups excluding carboxylic acids is 1. The molecule has 128 valence electrons. The average molecular weight is 319 g/mol.